The Bertz CT molecular complexity index is 1040. The molecule has 1 fully saturated rings. The van der Waals surface area contributed by atoms with Gasteiger partial charge in [-0.3, -0.25) is 20.2 Å². The number of furan rings is 1. The van der Waals surface area contributed by atoms with Crippen molar-refractivity contribution in [2.45, 2.75) is 4.90 Å². The number of hydrogen-bond donors (Lipinski definition) is 2. The highest BCUT2D eigenvalue weighted by Gasteiger charge is 2.26. The van der Waals surface area contributed by atoms with Crippen molar-refractivity contribution < 1.29 is 22.4 Å². The number of nitrogens with zero attached hydrogens (tertiary/aromatic N) is 1. The molecule has 2 amide bonds. The maximum absolute atomic E-state index is 12.1. The van der Waals surface area contributed by atoms with Crippen LogP contribution >= 0.6 is 12.2 Å². The summed E-state index contributed by atoms with van der Waals surface area (Å²) in [6, 6.07) is 9.45. The van der Waals surface area contributed by atoms with Crippen molar-refractivity contribution in [2.75, 3.05) is 14.1 Å². The van der Waals surface area contributed by atoms with Gasteiger partial charge in [-0.05, 0) is 54.7 Å². The molecule has 140 valence electrons. The molecule has 0 saturated carbocycles. The second-order valence-corrected chi connectivity index (χ2v) is 8.37. The Morgan fingerprint density at radius 1 is 1.00 bits per heavy atom. The lowest BCUT2D eigenvalue weighted by atomic mass is 10.1. The van der Waals surface area contributed by atoms with E-state index in [1.165, 1.54) is 32.3 Å². The molecule has 0 bridgehead atoms. The highest BCUT2D eigenvalue weighted by atomic mass is 32.2. The lowest BCUT2D eigenvalue weighted by molar-refractivity contribution is -0.123. The summed E-state index contributed by atoms with van der Waals surface area (Å²) < 4.78 is 31.0. The first-order valence-corrected chi connectivity index (χ1v) is 9.54. The van der Waals surface area contributed by atoms with Crippen LogP contribution in [0.5, 0.6) is 0 Å². The molecule has 27 heavy (non-hydrogen) atoms. The molecule has 1 saturated heterocycles. The number of rotatable bonds is 4. The number of thiocarbonyl (C=S) groups is 1. The van der Waals surface area contributed by atoms with Crippen LogP contribution in [0, 0.1) is 0 Å². The van der Waals surface area contributed by atoms with Gasteiger partial charge in [-0.25, -0.2) is 12.7 Å². The molecule has 0 aliphatic carbocycles. The summed E-state index contributed by atoms with van der Waals surface area (Å²) in [4.78, 5) is 23.9. The molecule has 1 aliphatic heterocycles. The molecule has 1 aromatic heterocycles. The van der Waals surface area contributed by atoms with Crippen molar-refractivity contribution in [1.82, 2.24) is 14.9 Å². The van der Waals surface area contributed by atoms with Crippen molar-refractivity contribution >= 4 is 45.2 Å². The molecule has 10 heteroatoms. The predicted octanol–water partition coefficient (Wildman–Crippen LogP) is 1.11. The van der Waals surface area contributed by atoms with Crippen LogP contribution in [0.1, 0.15) is 5.76 Å². The number of benzene rings is 1. The monoisotopic (exact) mass is 405 g/mol. The average molecular weight is 405 g/mol. The van der Waals surface area contributed by atoms with E-state index in [4.69, 9.17) is 16.6 Å². The predicted molar refractivity (Wildman–Crippen MR) is 102 cm³/mol. The van der Waals surface area contributed by atoms with Gasteiger partial charge >= 0.3 is 0 Å². The molecule has 1 aromatic carbocycles. The van der Waals surface area contributed by atoms with E-state index in [1.54, 1.807) is 24.3 Å². The molecule has 2 aromatic rings. The van der Waals surface area contributed by atoms with Gasteiger partial charge in [0.2, 0.25) is 10.0 Å². The number of sulfonamides is 1. The summed E-state index contributed by atoms with van der Waals surface area (Å²) in [5.74, 6) is -0.467. The second-order valence-electron chi connectivity index (χ2n) is 5.81. The molecule has 0 radical (unpaired) electrons. The normalized spacial score (nSPS) is 14.9. The number of carbonyl (C=O) groups is 2. The highest BCUT2D eigenvalue weighted by molar-refractivity contribution is 7.89. The fourth-order valence-corrected chi connectivity index (χ4v) is 3.42. The maximum Gasteiger partial charge on any atom is 0.263 e. The Morgan fingerprint density at radius 3 is 2.15 bits per heavy atom. The minimum atomic E-state index is -3.51. The zero-order chi connectivity index (χ0) is 19.8. The zero-order valence-corrected chi connectivity index (χ0v) is 16.0. The molecule has 0 atom stereocenters. The van der Waals surface area contributed by atoms with E-state index in [1.807, 2.05) is 0 Å². The third-order valence-corrected chi connectivity index (χ3v) is 5.81. The fourth-order valence-electron chi connectivity index (χ4n) is 2.34. The number of amides is 2. The third-order valence-electron chi connectivity index (χ3n) is 3.77. The van der Waals surface area contributed by atoms with Crippen molar-refractivity contribution in [3.63, 3.8) is 0 Å². The first-order chi connectivity index (χ1) is 12.7. The maximum atomic E-state index is 12.1. The van der Waals surface area contributed by atoms with Gasteiger partial charge in [0, 0.05) is 19.7 Å². The van der Waals surface area contributed by atoms with Gasteiger partial charge in [-0.15, -0.1) is 0 Å². The average Bonchev–Trinajstić information content (AvgIpc) is 3.06. The zero-order valence-electron chi connectivity index (χ0n) is 14.3. The van der Waals surface area contributed by atoms with E-state index in [0.717, 1.165) is 4.31 Å². The first-order valence-electron chi connectivity index (χ1n) is 7.69. The standard InChI is InChI=1S/C17H15N3O5S2/c1-20(2)27(23,24)12-6-3-10(4-7-12)14-8-5-11(25-14)9-13-15(21)18-17(26)19-16(13)22/h3-9H,1-2H3,(H2,18,19,21,22,26). The number of nitrogens with one attached hydrogen (secondary N) is 2. The van der Waals surface area contributed by atoms with Gasteiger partial charge in [-0.2, -0.15) is 0 Å². The smallest absolute Gasteiger partial charge is 0.263 e. The Hall–Kier alpha value is -2.82. The van der Waals surface area contributed by atoms with Crippen LogP contribution in [-0.4, -0.2) is 43.7 Å². The molecule has 2 N–H and O–H groups in total. The Labute approximate surface area is 160 Å². The second kappa shape index (κ2) is 7.06. The molecule has 1 aliphatic rings. The number of hydrogen-bond acceptors (Lipinski definition) is 6. The highest BCUT2D eigenvalue weighted by Crippen LogP contribution is 2.25. The van der Waals surface area contributed by atoms with E-state index in [9.17, 15) is 18.0 Å². The lowest BCUT2D eigenvalue weighted by Crippen LogP contribution is -2.51. The van der Waals surface area contributed by atoms with Gasteiger partial charge in [-0.1, -0.05) is 0 Å². The first kappa shape index (κ1) is 19.0. The van der Waals surface area contributed by atoms with Crippen molar-refractivity contribution in [3.05, 3.63) is 47.7 Å². The van der Waals surface area contributed by atoms with Crippen LogP contribution in [0.25, 0.3) is 17.4 Å². The van der Waals surface area contributed by atoms with Crippen LogP contribution < -0.4 is 10.6 Å². The third kappa shape index (κ3) is 3.82. The van der Waals surface area contributed by atoms with Crippen molar-refractivity contribution in [3.8, 4) is 11.3 Å². The molecular formula is C17H15N3O5S2. The Balaban J connectivity index is 1.86. The van der Waals surface area contributed by atoms with Crippen LogP contribution in [-0.2, 0) is 19.6 Å². The summed E-state index contributed by atoms with van der Waals surface area (Å²) in [5.41, 5.74) is 0.521. The summed E-state index contributed by atoms with van der Waals surface area (Å²) >= 11 is 4.74. The van der Waals surface area contributed by atoms with E-state index < -0.39 is 21.8 Å². The van der Waals surface area contributed by atoms with Crippen LogP contribution in [0.3, 0.4) is 0 Å². The summed E-state index contributed by atoms with van der Waals surface area (Å²) in [7, 11) is -0.596. The van der Waals surface area contributed by atoms with Gasteiger partial charge in [0.25, 0.3) is 11.8 Å². The van der Waals surface area contributed by atoms with Gasteiger partial charge in [0.1, 0.15) is 17.1 Å². The largest absolute Gasteiger partial charge is 0.457 e. The molecule has 3 rings (SSSR count). The molecule has 2 heterocycles. The molecule has 8 nitrogen and oxygen atoms in total. The van der Waals surface area contributed by atoms with Crippen LogP contribution in [0.15, 0.2) is 51.3 Å². The van der Waals surface area contributed by atoms with E-state index in [0.29, 0.717) is 17.1 Å². The Morgan fingerprint density at radius 2 is 1.59 bits per heavy atom. The quantitative estimate of drug-likeness (QED) is 0.448. The summed E-state index contributed by atoms with van der Waals surface area (Å²) in [6.45, 7) is 0. The topological polar surface area (TPSA) is 109 Å². The van der Waals surface area contributed by atoms with E-state index in [2.05, 4.69) is 10.6 Å². The fraction of sp³-hybridized carbons (Fsp3) is 0.118. The van der Waals surface area contributed by atoms with Crippen LogP contribution in [0.2, 0.25) is 0 Å². The summed E-state index contributed by atoms with van der Waals surface area (Å²) in [6.07, 6.45) is 1.31. The SMILES string of the molecule is CN(C)S(=O)(=O)c1ccc(-c2ccc(C=C3C(=O)NC(=S)NC3=O)o2)cc1. The van der Waals surface area contributed by atoms with Crippen LogP contribution in [0.4, 0.5) is 0 Å². The van der Waals surface area contributed by atoms with Gasteiger partial charge in [0.15, 0.2) is 5.11 Å². The Kier molecular flexibility index (Phi) is 4.96. The minimum absolute atomic E-state index is 0.0462. The molecular weight excluding hydrogens is 390 g/mol. The molecule has 0 unspecified atom stereocenters. The van der Waals surface area contributed by atoms with E-state index >= 15 is 0 Å². The van der Waals surface area contributed by atoms with E-state index in [-0.39, 0.29) is 15.6 Å². The summed E-state index contributed by atoms with van der Waals surface area (Å²) in [5, 5.41) is 4.63. The lowest BCUT2D eigenvalue weighted by Gasteiger charge is -2.15. The van der Waals surface area contributed by atoms with Crippen molar-refractivity contribution in [1.29, 1.82) is 0 Å². The molecule has 0 spiro atoms. The van der Waals surface area contributed by atoms with Crippen molar-refractivity contribution in [2.24, 2.45) is 0 Å². The van der Waals surface area contributed by atoms with Gasteiger partial charge < -0.3 is 4.42 Å². The minimum Gasteiger partial charge on any atom is -0.457 e. The number of carbonyl (C=O) groups excluding carboxylic acids is 2. The van der Waals surface area contributed by atoms with Gasteiger partial charge in [0.05, 0.1) is 4.90 Å².